The van der Waals surface area contributed by atoms with E-state index >= 15 is 0 Å². The zero-order valence-electron chi connectivity index (χ0n) is 1.52. The van der Waals surface area contributed by atoms with Crippen molar-refractivity contribution < 1.29 is 25.9 Å². The van der Waals surface area contributed by atoms with Crippen molar-refractivity contribution in [3.8, 4) is 0 Å². The van der Waals surface area contributed by atoms with Crippen LogP contribution in [-0.2, 0) is 25.9 Å². The molecule has 0 fully saturated rings. The molecule has 0 aliphatic carbocycles. The molecule has 0 N–H and O–H groups in total. The SMILES string of the molecule is C.C=O.[W]. The first-order valence-corrected chi connectivity index (χ1v) is 0.289. The van der Waals surface area contributed by atoms with Crippen LogP contribution in [0.2, 0.25) is 0 Å². The van der Waals surface area contributed by atoms with Crippen LogP contribution >= 0.6 is 0 Å². The molecule has 2 heteroatoms. The maximum atomic E-state index is 8.00. The summed E-state index contributed by atoms with van der Waals surface area (Å²) in [4.78, 5) is 8.00. The van der Waals surface area contributed by atoms with Gasteiger partial charge >= 0.3 is 0 Å². The summed E-state index contributed by atoms with van der Waals surface area (Å²) in [5, 5.41) is 0. The molecule has 0 aromatic heterocycles. The number of carbonyl (C=O) groups is 1. The molecule has 0 radical (unpaired) electrons. The largest absolute Gasteiger partial charge is 0.307 e. The summed E-state index contributed by atoms with van der Waals surface area (Å²) in [6.45, 7) is 2.00. The molecule has 4 heavy (non-hydrogen) atoms. The van der Waals surface area contributed by atoms with Gasteiger partial charge in [0.1, 0.15) is 6.79 Å². The van der Waals surface area contributed by atoms with Crippen LogP contribution in [0.3, 0.4) is 0 Å². The predicted octanol–water partition coefficient (Wildman–Crippen LogP) is 0.449. The smallest absolute Gasteiger partial charge is 0.106 e. The molecule has 0 aromatic carbocycles. The minimum atomic E-state index is 0. The quantitative estimate of drug-likeness (QED) is 0.590. The van der Waals surface area contributed by atoms with Crippen LogP contribution in [0.25, 0.3) is 0 Å². The van der Waals surface area contributed by atoms with Gasteiger partial charge in [-0.2, -0.15) is 0 Å². The van der Waals surface area contributed by atoms with Crippen molar-refractivity contribution in [3.05, 3.63) is 0 Å². The molecule has 0 rings (SSSR count). The van der Waals surface area contributed by atoms with Crippen molar-refractivity contribution >= 4 is 6.79 Å². The van der Waals surface area contributed by atoms with Crippen LogP contribution in [0.15, 0.2) is 0 Å². The zero-order chi connectivity index (χ0) is 2.00. The van der Waals surface area contributed by atoms with Crippen molar-refractivity contribution in [3.63, 3.8) is 0 Å². The van der Waals surface area contributed by atoms with E-state index < -0.39 is 0 Å². The van der Waals surface area contributed by atoms with E-state index in [4.69, 9.17) is 4.79 Å². The summed E-state index contributed by atoms with van der Waals surface area (Å²) in [5.74, 6) is 0. The summed E-state index contributed by atoms with van der Waals surface area (Å²) < 4.78 is 0. The van der Waals surface area contributed by atoms with Gasteiger partial charge in [0.25, 0.3) is 0 Å². The van der Waals surface area contributed by atoms with Crippen LogP contribution in [0, 0.1) is 0 Å². The molecule has 0 aliphatic rings. The average Bonchev–Trinajstić information content (AvgIpc) is 1.00. The molecule has 0 aromatic rings. The van der Waals surface area contributed by atoms with Gasteiger partial charge in [0.15, 0.2) is 0 Å². The summed E-state index contributed by atoms with van der Waals surface area (Å²) >= 11 is 0. The van der Waals surface area contributed by atoms with E-state index in [1.165, 1.54) is 0 Å². The molecule has 0 bridgehead atoms. The third-order valence-corrected chi connectivity index (χ3v) is 0. The van der Waals surface area contributed by atoms with Gasteiger partial charge in [-0.25, -0.2) is 0 Å². The van der Waals surface area contributed by atoms with E-state index in [1.54, 1.807) is 0 Å². The van der Waals surface area contributed by atoms with Crippen LogP contribution in [0.4, 0.5) is 0 Å². The maximum Gasteiger partial charge on any atom is 0.106 e. The van der Waals surface area contributed by atoms with Gasteiger partial charge in [-0.3, -0.25) is 0 Å². The molecule has 1 nitrogen and oxygen atoms in total. The number of carbonyl (C=O) groups excluding carboxylic acids is 1. The van der Waals surface area contributed by atoms with Crippen LogP contribution in [-0.4, -0.2) is 6.79 Å². The molecule has 0 heterocycles. The average molecular weight is 230 g/mol. The van der Waals surface area contributed by atoms with Crippen molar-refractivity contribution in [2.75, 3.05) is 0 Å². The molecule has 0 spiro atoms. The van der Waals surface area contributed by atoms with Gasteiger partial charge < -0.3 is 4.79 Å². The Balaban J connectivity index is -0.00000000500. The molecule has 0 saturated carbocycles. The normalized spacial score (nSPS) is 1.00. The van der Waals surface area contributed by atoms with Crippen molar-refractivity contribution in [2.45, 2.75) is 7.43 Å². The van der Waals surface area contributed by atoms with Gasteiger partial charge in [-0.05, 0) is 0 Å². The third kappa shape index (κ3) is 33.9. The van der Waals surface area contributed by atoms with E-state index in [0.29, 0.717) is 0 Å². The van der Waals surface area contributed by atoms with Crippen molar-refractivity contribution in [1.82, 2.24) is 0 Å². The van der Waals surface area contributed by atoms with E-state index in [-0.39, 0.29) is 28.5 Å². The Kier molecular flexibility index (Phi) is 969. The predicted molar refractivity (Wildman–Crippen MR) is 13.9 cm³/mol. The third-order valence-electron chi connectivity index (χ3n) is 0. The molecule has 0 amide bonds. The molecule has 0 saturated heterocycles. The minimum Gasteiger partial charge on any atom is -0.307 e. The molecule has 26 valence electrons. The monoisotopic (exact) mass is 230 g/mol. The summed E-state index contributed by atoms with van der Waals surface area (Å²) in [6.07, 6.45) is 0. The number of rotatable bonds is 0. The first kappa shape index (κ1) is 26.6. The van der Waals surface area contributed by atoms with E-state index in [1.807, 2.05) is 6.79 Å². The van der Waals surface area contributed by atoms with E-state index in [0.717, 1.165) is 0 Å². The van der Waals surface area contributed by atoms with Gasteiger partial charge in [0, 0.05) is 21.1 Å². The van der Waals surface area contributed by atoms with E-state index in [9.17, 15) is 0 Å². The van der Waals surface area contributed by atoms with Crippen LogP contribution in [0.5, 0.6) is 0 Å². The molecule has 0 atom stereocenters. The van der Waals surface area contributed by atoms with Gasteiger partial charge in [0.2, 0.25) is 0 Å². The van der Waals surface area contributed by atoms with Gasteiger partial charge in [0.05, 0.1) is 0 Å². The fourth-order valence-electron chi connectivity index (χ4n) is 0. The summed E-state index contributed by atoms with van der Waals surface area (Å²) in [5.41, 5.74) is 0. The molecule has 0 aliphatic heterocycles. The van der Waals surface area contributed by atoms with Gasteiger partial charge in [-0.1, -0.05) is 7.43 Å². The van der Waals surface area contributed by atoms with Crippen molar-refractivity contribution in [1.29, 1.82) is 0 Å². The molecular weight excluding hydrogens is 224 g/mol. The van der Waals surface area contributed by atoms with Crippen LogP contribution in [0.1, 0.15) is 7.43 Å². The Morgan fingerprint density at radius 2 is 1.25 bits per heavy atom. The van der Waals surface area contributed by atoms with E-state index in [2.05, 4.69) is 0 Å². The number of hydrogen-bond donors (Lipinski definition) is 0. The Bertz CT molecular complexity index is 6.00. The van der Waals surface area contributed by atoms with Gasteiger partial charge in [-0.15, -0.1) is 0 Å². The Labute approximate surface area is 40.7 Å². The molecular formula is C2H6OW. The topological polar surface area (TPSA) is 17.1 Å². The summed E-state index contributed by atoms with van der Waals surface area (Å²) in [7, 11) is 0. The second-order valence-corrected chi connectivity index (χ2v) is 0. The minimum absolute atomic E-state index is 0. The zero-order valence-corrected chi connectivity index (χ0v) is 4.46. The first-order valence-electron chi connectivity index (χ1n) is 0.289. The summed E-state index contributed by atoms with van der Waals surface area (Å²) in [6, 6.07) is 0. The Morgan fingerprint density at radius 1 is 1.25 bits per heavy atom. The first-order chi connectivity index (χ1) is 1.00. The Morgan fingerprint density at radius 3 is 1.25 bits per heavy atom. The second-order valence-electron chi connectivity index (χ2n) is 0. The van der Waals surface area contributed by atoms with Crippen LogP contribution < -0.4 is 0 Å². The second kappa shape index (κ2) is 145. The molecule has 0 unspecified atom stereocenters. The number of hydrogen-bond acceptors (Lipinski definition) is 1. The maximum absolute atomic E-state index is 8.00. The standard InChI is InChI=1S/CH2O.CH4.W/c1-2;;/h1H2;1H4;. The van der Waals surface area contributed by atoms with Crippen molar-refractivity contribution in [2.24, 2.45) is 0 Å². The fourth-order valence-corrected chi connectivity index (χ4v) is 0. The fraction of sp³-hybridized carbons (Fsp3) is 0.500. The Hall–Kier alpha value is 0.358.